The average Bonchev–Trinajstić information content (AvgIpc) is 2.30. The molecular weight excluding hydrogens is 270 g/mol. The molecule has 18 heavy (non-hydrogen) atoms. The van der Waals surface area contributed by atoms with E-state index in [4.69, 9.17) is 16.7 Å². The molecule has 2 aromatic rings. The molecule has 0 amide bonds. The van der Waals surface area contributed by atoms with E-state index in [0.29, 0.717) is 0 Å². The number of primary sulfonamides is 1. The van der Waals surface area contributed by atoms with Gasteiger partial charge in [-0.25, -0.2) is 13.6 Å². The summed E-state index contributed by atoms with van der Waals surface area (Å²) >= 11 is 5.54. The van der Waals surface area contributed by atoms with Crippen molar-refractivity contribution in [3.05, 3.63) is 65.2 Å². The smallest absolute Gasteiger partial charge is 0.225 e. The number of aryl methyl sites for hydroxylation is 1. The van der Waals surface area contributed by atoms with E-state index in [-0.39, 0.29) is 4.90 Å². The van der Waals surface area contributed by atoms with Gasteiger partial charge in [-0.15, -0.1) is 0 Å². The van der Waals surface area contributed by atoms with Crippen LogP contribution in [0.4, 0.5) is 0 Å². The molecule has 0 fully saturated rings. The molecule has 2 rings (SSSR count). The van der Waals surface area contributed by atoms with Crippen LogP contribution in [0.5, 0.6) is 0 Å². The first kappa shape index (κ1) is 14.7. The average molecular weight is 284 g/mol. The van der Waals surface area contributed by atoms with Gasteiger partial charge in [-0.3, -0.25) is 0 Å². The highest BCUT2D eigenvalue weighted by atomic mass is 35.5. The zero-order chi connectivity index (χ0) is 13.6. The zero-order valence-corrected chi connectivity index (χ0v) is 11.4. The summed E-state index contributed by atoms with van der Waals surface area (Å²) in [5.41, 5.74) is 1.01. The predicted molar refractivity (Wildman–Crippen MR) is 74.0 cm³/mol. The summed E-state index contributed by atoms with van der Waals surface area (Å²) in [6.07, 6.45) is 0. The Morgan fingerprint density at radius 3 is 1.78 bits per heavy atom. The SMILES string of the molecule is Cc1ccc(S(N)(=O)=O)cc1.Clc1ccccc1. The summed E-state index contributed by atoms with van der Waals surface area (Å²) in [5.74, 6) is 0. The molecule has 0 bridgehead atoms. The van der Waals surface area contributed by atoms with Crippen LogP contribution in [0, 0.1) is 6.92 Å². The number of benzene rings is 2. The first-order valence-electron chi connectivity index (χ1n) is 5.19. The Morgan fingerprint density at radius 2 is 1.44 bits per heavy atom. The van der Waals surface area contributed by atoms with Crippen LogP contribution >= 0.6 is 11.6 Å². The Bertz CT molecular complexity index is 580. The largest absolute Gasteiger partial charge is 0.238 e. The molecule has 0 spiro atoms. The van der Waals surface area contributed by atoms with Gasteiger partial charge < -0.3 is 0 Å². The third-order valence-corrected chi connectivity index (χ3v) is 3.26. The van der Waals surface area contributed by atoms with E-state index >= 15 is 0 Å². The number of rotatable bonds is 1. The molecule has 0 saturated carbocycles. The highest BCUT2D eigenvalue weighted by Gasteiger charge is 2.04. The van der Waals surface area contributed by atoms with Crippen LogP contribution in [0.3, 0.4) is 0 Å². The summed E-state index contributed by atoms with van der Waals surface area (Å²) in [6.45, 7) is 1.88. The van der Waals surface area contributed by atoms with Crippen molar-refractivity contribution in [2.75, 3.05) is 0 Å². The van der Waals surface area contributed by atoms with E-state index in [1.165, 1.54) is 12.1 Å². The van der Waals surface area contributed by atoms with Gasteiger partial charge in [0.25, 0.3) is 0 Å². The lowest BCUT2D eigenvalue weighted by Gasteiger charge is -1.96. The first-order chi connectivity index (χ1) is 8.39. The van der Waals surface area contributed by atoms with Crippen molar-refractivity contribution in [3.63, 3.8) is 0 Å². The molecular formula is C13H14ClNO2S. The topological polar surface area (TPSA) is 60.2 Å². The molecule has 0 aliphatic rings. The molecule has 0 aliphatic heterocycles. The fourth-order valence-corrected chi connectivity index (χ4v) is 1.80. The Balaban J connectivity index is 0.000000199. The number of hydrogen-bond acceptors (Lipinski definition) is 2. The Morgan fingerprint density at radius 1 is 0.944 bits per heavy atom. The predicted octanol–water partition coefficient (Wildman–Crippen LogP) is 2.98. The van der Waals surface area contributed by atoms with Gasteiger partial charge in [0.15, 0.2) is 0 Å². The minimum Gasteiger partial charge on any atom is -0.225 e. The van der Waals surface area contributed by atoms with Crippen molar-refractivity contribution in [3.8, 4) is 0 Å². The highest BCUT2D eigenvalue weighted by molar-refractivity contribution is 7.89. The number of hydrogen-bond donors (Lipinski definition) is 1. The third-order valence-electron chi connectivity index (χ3n) is 2.08. The second-order valence-electron chi connectivity index (χ2n) is 3.65. The molecule has 2 aromatic carbocycles. The van der Waals surface area contributed by atoms with Gasteiger partial charge in [0.1, 0.15) is 0 Å². The normalized spacial score (nSPS) is 10.4. The molecule has 0 saturated heterocycles. The maximum absolute atomic E-state index is 10.7. The zero-order valence-electron chi connectivity index (χ0n) is 9.88. The summed E-state index contributed by atoms with van der Waals surface area (Å²) in [5, 5.41) is 5.67. The van der Waals surface area contributed by atoms with Crippen LogP contribution in [0.15, 0.2) is 59.5 Å². The molecule has 5 heteroatoms. The van der Waals surface area contributed by atoms with Crippen LogP contribution in [-0.4, -0.2) is 8.42 Å². The van der Waals surface area contributed by atoms with Crippen LogP contribution < -0.4 is 5.14 Å². The van der Waals surface area contributed by atoms with Crippen LogP contribution in [0.2, 0.25) is 5.02 Å². The lowest BCUT2D eigenvalue weighted by atomic mass is 10.2. The van der Waals surface area contributed by atoms with Gasteiger partial charge in [-0.05, 0) is 31.2 Å². The van der Waals surface area contributed by atoms with E-state index in [0.717, 1.165) is 10.6 Å². The summed E-state index contributed by atoms with van der Waals surface area (Å²) in [7, 11) is -3.52. The Hall–Kier alpha value is -1.36. The van der Waals surface area contributed by atoms with Gasteiger partial charge in [0.2, 0.25) is 10.0 Å². The molecule has 0 atom stereocenters. The molecule has 96 valence electrons. The lowest BCUT2D eigenvalue weighted by molar-refractivity contribution is 0.598. The Kier molecular flexibility index (Phi) is 5.34. The number of halogens is 1. The minimum absolute atomic E-state index is 0.156. The summed E-state index contributed by atoms with van der Waals surface area (Å²) < 4.78 is 21.4. The van der Waals surface area contributed by atoms with Crippen LogP contribution in [0.1, 0.15) is 5.56 Å². The van der Waals surface area contributed by atoms with Crippen molar-refractivity contribution >= 4 is 21.6 Å². The van der Waals surface area contributed by atoms with Gasteiger partial charge in [0.05, 0.1) is 4.90 Å². The second kappa shape index (κ2) is 6.54. The van der Waals surface area contributed by atoms with Crippen molar-refractivity contribution in [1.82, 2.24) is 0 Å². The van der Waals surface area contributed by atoms with E-state index in [2.05, 4.69) is 0 Å². The maximum atomic E-state index is 10.7. The fourth-order valence-electron chi connectivity index (χ4n) is 1.14. The van der Waals surface area contributed by atoms with E-state index < -0.39 is 10.0 Å². The van der Waals surface area contributed by atoms with Crippen molar-refractivity contribution < 1.29 is 8.42 Å². The van der Waals surface area contributed by atoms with Gasteiger partial charge >= 0.3 is 0 Å². The van der Waals surface area contributed by atoms with Crippen molar-refractivity contribution in [1.29, 1.82) is 0 Å². The van der Waals surface area contributed by atoms with Gasteiger partial charge in [-0.2, -0.15) is 0 Å². The van der Waals surface area contributed by atoms with Gasteiger partial charge in [-0.1, -0.05) is 47.5 Å². The van der Waals surface area contributed by atoms with Crippen molar-refractivity contribution in [2.24, 2.45) is 5.14 Å². The van der Waals surface area contributed by atoms with E-state index in [1.54, 1.807) is 12.1 Å². The molecule has 0 heterocycles. The Labute approximate surface area is 112 Å². The van der Waals surface area contributed by atoms with Crippen LogP contribution in [-0.2, 0) is 10.0 Å². The molecule has 2 N–H and O–H groups in total. The van der Waals surface area contributed by atoms with E-state index in [9.17, 15) is 8.42 Å². The third kappa shape index (κ3) is 5.31. The molecule has 0 aliphatic carbocycles. The molecule has 3 nitrogen and oxygen atoms in total. The summed E-state index contributed by atoms with van der Waals surface area (Å²) in [6, 6.07) is 15.8. The maximum Gasteiger partial charge on any atom is 0.238 e. The minimum atomic E-state index is -3.52. The highest BCUT2D eigenvalue weighted by Crippen LogP contribution is 2.07. The molecule has 0 radical (unpaired) electrons. The fraction of sp³-hybridized carbons (Fsp3) is 0.0769. The standard InChI is InChI=1S/C7H9NO2S.C6H5Cl/c1-6-2-4-7(5-3-6)11(8,9)10;7-6-4-2-1-3-5-6/h2-5H,1H3,(H2,8,9,10);1-5H. The van der Waals surface area contributed by atoms with Crippen LogP contribution in [0.25, 0.3) is 0 Å². The number of nitrogens with two attached hydrogens (primary N) is 1. The van der Waals surface area contributed by atoms with Crippen molar-refractivity contribution in [2.45, 2.75) is 11.8 Å². The quantitative estimate of drug-likeness (QED) is 0.874. The first-order valence-corrected chi connectivity index (χ1v) is 7.12. The number of sulfonamides is 1. The second-order valence-corrected chi connectivity index (χ2v) is 5.65. The monoisotopic (exact) mass is 283 g/mol. The summed E-state index contributed by atoms with van der Waals surface area (Å²) in [4.78, 5) is 0.156. The lowest BCUT2D eigenvalue weighted by Crippen LogP contribution is -2.11. The van der Waals surface area contributed by atoms with E-state index in [1.807, 2.05) is 37.3 Å². The molecule has 0 unspecified atom stereocenters. The van der Waals surface area contributed by atoms with Gasteiger partial charge in [0, 0.05) is 5.02 Å². The molecule has 0 aromatic heterocycles.